The third-order valence-electron chi connectivity index (χ3n) is 4.16. The molecule has 1 saturated carbocycles. The third kappa shape index (κ3) is 4.42. The molecule has 17 heavy (non-hydrogen) atoms. The van der Waals surface area contributed by atoms with E-state index >= 15 is 0 Å². The average molecular weight is 240 g/mol. The quantitative estimate of drug-likeness (QED) is 0.629. The minimum atomic E-state index is -0.137. The maximum absolute atomic E-state index is 12.2. The highest BCUT2D eigenvalue weighted by Crippen LogP contribution is 2.33. The van der Waals surface area contributed by atoms with E-state index in [0.717, 1.165) is 12.8 Å². The molecule has 1 fully saturated rings. The van der Waals surface area contributed by atoms with Crippen molar-refractivity contribution in [3.63, 3.8) is 0 Å². The first-order valence-corrected chi connectivity index (χ1v) is 7.26. The van der Waals surface area contributed by atoms with Gasteiger partial charge in [-0.2, -0.15) is 0 Å². The summed E-state index contributed by atoms with van der Waals surface area (Å²) in [6, 6.07) is 0. The van der Waals surface area contributed by atoms with Crippen molar-refractivity contribution in [3.8, 4) is 0 Å². The van der Waals surface area contributed by atoms with E-state index in [0.29, 0.717) is 24.0 Å². The van der Waals surface area contributed by atoms with Gasteiger partial charge in [-0.15, -0.1) is 0 Å². The monoisotopic (exact) mass is 240 g/mol. The number of carbonyl (C=O) groups excluding carboxylic acids is 1. The van der Waals surface area contributed by atoms with E-state index in [1.54, 1.807) is 7.11 Å². The van der Waals surface area contributed by atoms with Crippen LogP contribution in [0.1, 0.15) is 65.2 Å². The molecular weight excluding hydrogens is 212 g/mol. The summed E-state index contributed by atoms with van der Waals surface area (Å²) in [7, 11) is 1.70. The summed E-state index contributed by atoms with van der Waals surface area (Å²) in [6.45, 7) is 4.44. The molecular formula is C15H28O2. The maximum Gasteiger partial charge on any atom is 0.161 e. The van der Waals surface area contributed by atoms with Crippen LogP contribution in [-0.4, -0.2) is 19.0 Å². The molecule has 0 spiro atoms. The molecule has 100 valence electrons. The molecule has 0 bridgehead atoms. The highest BCUT2D eigenvalue weighted by Gasteiger charge is 2.33. The van der Waals surface area contributed by atoms with Crippen molar-refractivity contribution < 1.29 is 9.53 Å². The van der Waals surface area contributed by atoms with Crippen molar-refractivity contribution in [3.05, 3.63) is 0 Å². The molecule has 0 amide bonds. The standard InChI is InChI=1S/C15H28O2/c1-4-5-6-11-14(16)15(17-3)13-10-8-7-9-12(13)2/h12-13,15H,4-11H2,1-3H3. The number of carbonyl (C=O) groups is 1. The van der Waals surface area contributed by atoms with Crippen LogP contribution < -0.4 is 0 Å². The summed E-state index contributed by atoms with van der Waals surface area (Å²) in [5, 5.41) is 0. The molecule has 0 aromatic rings. The molecule has 0 aliphatic heterocycles. The number of hydrogen-bond acceptors (Lipinski definition) is 2. The van der Waals surface area contributed by atoms with Gasteiger partial charge in [-0.25, -0.2) is 0 Å². The fraction of sp³-hybridized carbons (Fsp3) is 0.933. The van der Waals surface area contributed by atoms with Gasteiger partial charge >= 0.3 is 0 Å². The average Bonchev–Trinajstić information content (AvgIpc) is 2.33. The van der Waals surface area contributed by atoms with E-state index in [9.17, 15) is 4.79 Å². The molecule has 0 N–H and O–H groups in total. The highest BCUT2D eigenvalue weighted by atomic mass is 16.5. The van der Waals surface area contributed by atoms with Crippen LogP contribution >= 0.6 is 0 Å². The molecule has 2 heteroatoms. The predicted molar refractivity (Wildman–Crippen MR) is 71.1 cm³/mol. The Morgan fingerprint density at radius 2 is 2.00 bits per heavy atom. The number of rotatable bonds is 7. The number of Topliss-reactive ketones (excluding diaryl/α,β-unsaturated/α-hetero) is 1. The molecule has 1 aliphatic rings. The molecule has 0 heterocycles. The van der Waals surface area contributed by atoms with Gasteiger partial charge < -0.3 is 4.74 Å². The predicted octanol–water partition coefficient (Wildman–Crippen LogP) is 3.98. The topological polar surface area (TPSA) is 26.3 Å². The maximum atomic E-state index is 12.2. The zero-order valence-electron chi connectivity index (χ0n) is 11.7. The van der Waals surface area contributed by atoms with Crippen LogP contribution in [0.15, 0.2) is 0 Å². The fourth-order valence-corrected chi connectivity index (χ4v) is 3.03. The van der Waals surface area contributed by atoms with Crippen molar-refractivity contribution in [2.45, 2.75) is 71.3 Å². The lowest BCUT2D eigenvalue weighted by Crippen LogP contribution is -2.37. The van der Waals surface area contributed by atoms with Gasteiger partial charge in [-0.05, 0) is 24.7 Å². The summed E-state index contributed by atoms with van der Waals surface area (Å²) in [5.74, 6) is 1.44. The van der Waals surface area contributed by atoms with E-state index in [4.69, 9.17) is 4.74 Å². The SMILES string of the molecule is CCCCCC(=O)C(OC)C1CCCCC1C. The van der Waals surface area contributed by atoms with Crippen LogP contribution in [0.5, 0.6) is 0 Å². The first-order chi connectivity index (χ1) is 8.20. The lowest BCUT2D eigenvalue weighted by molar-refractivity contribution is -0.134. The van der Waals surface area contributed by atoms with Crippen LogP contribution in [0.25, 0.3) is 0 Å². The van der Waals surface area contributed by atoms with Crippen molar-refractivity contribution >= 4 is 5.78 Å². The summed E-state index contributed by atoms with van der Waals surface area (Å²) in [5.41, 5.74) is 0. The van der Waals surface area contributed by atoms with Gasteiger partial charge in [-0.1, -0.05) is 46.0 Å². The lowest BCUT2D eigenvalue weighted by atomic mass is 9.75. The third-order valence-corrected chi connectivity index (χ3v) is 4.16. The summed E-state index contributed by atoms with van der Waals surface area (Å²) >= 11 is 0. The van der Waals surface area contributed by atoms with Crippen LogP contribution in [0.4, 0.5) is 0 Å². The Morgan fingerprint density at radius 1 is 1.29 bits per heavy atom. The van der Waals surface area contributed by atoms with Gasteiger partial charge in [0.05, 0.1) is 0 Å². The van der Waals surface area contributed by atoms with E-state index < -0.39 is 0 Å². The number of hydrogen-bond donors (Lipinski definition) is 0. The first-order valence-electron chi connectivity index (χ1n) is 7.26. The molecule has 0 saturated heterocycles. The lowest BCUT2D eigenvalue weighted by Gasteiger charge is -2.33. The Kier molecular flexibility index (Phi) is 6.79. The Morgan fingerprint density at radius 3 is 2.59 bits per heavy atom. The molecule has 0 aromatic carbocycles. The minimum Gasteiger partial charge on any atom is -0.373 e. The number of methoxy groups -OCH3 is 1. The van der Waals surface area contributed by atoms with Gasteiger partial charge in [0, 0.05) is 13.5 Å². The molecule has 0 aromatic heterocycles. The summed E-state index contributed by atoms with van der Waals surface area (Å²) < 4.78 is 5.50. The van der Waals surface area contributed by atoms with Crippen molar-refractivity contribution in [2.24, 2.45) is 11.8 Å². The highest BCUT2D eigenvalue weighted by molar-refractivity contribution is 5.83. The van der Waals surface area contributed by atoms with Crippen LogP contribution in [-0.2, 0) is 9.53 Å². The van der Waals surface area contributed by atoms with E-state index in [1.165, 1.54) is 32.1 Å². The summed E-state index contributed by atoms with van der Waals surface area (Å²) in [4.78, 5) is 12.2. The number of ketones is 1. The van der Waals surface area contributed by atoms with Gasteiger partial charge in [0.15, 0.2) is 5.78 Å². The largest absolute Gasteiger partial charge is 0.373 e. The number of ether oxygens (including phenoxy) is 1. The molecule has 1 aliphatic carbocycles. The fourth-order valence-electron chi connectivity index (χ4n) is 3.03. The molecule has 3 unspecified atom stereocenters. The molecule has 1 rings (SSSR count). The molecule has 0 radical (unpaired) electrons. The minimum absolute atomic E-state index is 0.137. The summed E-state index contributed by atoms with van der Waals surface area (Å²) in [6.07, 6.45) is 8.92. The molecule has 3 atom stereocenters. The van der Waals surface area contributed by atoms with Crippen molar-refractivity contribution in [1.82, 2.24) is 0 Å². The molecule has 2 nitrogen and oxygen atoms in total. The Labute approximate surface area is 106 Å². The Bertz CT molecular complexity index is 225. The second-order valence-electron chi connectivity index (χ2n) is 5.51. The van der Waals surface area contributed by atoms with E-state index in [-0.39, 0.29) is 6.10 Å². The van der Waals surface area contributed by atoms with Gasteiger partial charge in [0.1, 0.15) is 6.10 Å². The van der Waals surface area contributed by atoms with Gasteiger partial charge in [0.25, 0.3) is 0 Å². The Hall–Kier alpha value is -0.370. The first kappa shape index (κ1) is 14.7. The second kappa shape index (κ2) is 7.86. The second-order valence-corrected chi connectivity index (χ2v) is 5.51. The Balaban J connectivity index is 2.47. The van der Waals surface area contributed by atoms with Crippen LogP contribution in [0.3, 0.4) is 0 Å². The van der Waals surface area contributed by atoms with Gasteiger partial charge in [0.2, 0.25) is 0 Å². The van der Waals surface area contributed by atoms with Crippen LogP contribution in [0.2, 0.25) is 0 Å². The van der Waals surface area contributed by atoms with E-state index in [1.807, 2.05) is 0 Å². The van der Waals surface area contributed by atoms with Crippen LogP contribution in [0, 0.1) is 11.8 Å². The van der Waals surface area contributed by atoms with Gasteiger partial charge in [-0.3, -0.25) is 4.79 Å². The normalized spacial score (nSPS) is 26.8. The zero-order valence-corrected chi connectivity index (χ0v) is 11.7. The number of unbranched alkanes of at least 4 members (excludes halogenated alkanes) is 2. The van der Waals surface area contributed by atoms with Crippen molar-refractivity contribution in [2.75, 3.05) is 7.11 Å². The smallest absolute Gasteiger partial charge is 0.161 e. The van der Waals surface area contributed by atoms with Crippen molar-refractivity contribution in [1.29, 1.82) is 0 Å². The van der Waals surface area contributed by atoms with E-state index in [2.05, 4.69) is 13.8 Å². The zero-order chi connectivity index (χ0) is 12.7.